The van der Waals surface area contributed by atoms with Gasteiger partial charge in [0.1, 0.15) is 0 Å². The van der Waals surface area contributed by atoms with Crippen molar-refractivity contribution in [1.29, 1.82) is 0 Å². The topological polar surface area (TPSA) is 58.3 Å². The predicted molar refractivity (Wildman–Crippen MR) is 67.7 cm³/mol. The van der Waals surface area contributed by atoms with E-state index in [1.807, 2.05) is 0 Å². The van der Waals surface area contributed by atoms with Crippen molar-refractivity contribution >= 4 is 11.4 Å². The minimum Gasteiger partial charge on any atom is -0.399 e. The summed E-state index contributed by atoms with van der Waals surface area (Å²) in [7, 11) is 0. The molecular formula is C13H17F3N2O. The lowest BCUT2D eigenvalue weighted by molar-refractivity contribution is -0.136. The van der Waals surface area contributed by atoms with Crippen LogP contribution in [0.5, 0.6) is 0 Å². The SMILES string of the molecule is Nc1ccc(NCC2CCC(O)C2)c(C(F)(F)F)c1. The third kappa shape index (κ3) is 3.53. The summed E-state index contributed by atoms with van der Waals surface area (Å²) in [5.74, 6) is 0.216. The molecule has 0 bridgehead atoms. The summed E-state index contributed by atoms with van der Waals surface area (Å²) in [6, 6.07) is 3.73. The summed E-state index contributed by atoms with van der Waals surface area (Å²) in [6.07, 6.45) is -2.54. The lowest BCUT2D eigenvalue weighted by Gasteiger charge is -2.17. The van der Waals surface area contributed by atoms with Crippen LogP contribution in [-0.4, -0.2) is 17.8 Å². The molecule has 2 atom stereocenters. The van der Waals surface area contributed by atoms with E-state index in [1.54, 1.807) is 0 Å². The molecule has 0 radical (unpaired) electrons. The number of aliphatic hydroxyl groups excluding tert-OH is 1. The van der Waals surface area contributed by atoms with Crippen LogP contribution in [0.3, 0.4) is 0 Å². The van der Waals surface area contributed by atoms with E-state index in [2.05, 4.69) is 5.32 Å². The Hall–Kier alpha value is -1.43. The van der Waals surface area contributed by atoms with Crippen LogP contribution in [0, 0.1) is 5.92 Å². The van der Waals surface area contributed by atoms with E-state index < -0.39 is 11.7 Å². The molecule has 2 rings (SSSR count). The number of hydrogen-bond donors (Lipinski definition) is 3. The summed E-state index contributed by atoms with van der Waals surface area (Å²) in [5.41, 5.74) is 4.79. The van der Waals surface area contributed by atoms with Crippen molar-refractivity contribution in [1.82, 2.24) is 0 Å². The van der Waals surface area contributed by atoms with Gasteiger partial charge in [-0.2, -0.15) is 13.2 Å². The lowest BCUT2D eigenvalue weighted by Crippen LogP contribution is -2.16. The maximum atomic E-state index is 12.9. The Morgan fingerprint density at radius 2 is 2.05 bits per heavy atom. The zero-order valence-electron chi connectivity index (χ0n) is 10.4. The average Bonchev–Trinajstić information content (AvgIpc) is 2.72. The summed E-state index contributed by atoms with van der Waals surface area (Å²) in [4.78, 5) is 0. The minimum absolute atomic E-state index is 0.0445. The van der Waals surface area contributed by atoms with Gasteiger partial charge < -0.3 is 16.2 Å². The number of rotatable bonds is 3. The third-order valence-electron chi connectivity index (χ3n) is 3.44. The first kappa shape index (κ1) is 14.0. The van der Waals surface area contributed by atoms with E-state index in [0.717, 1.165) is 18.9 Å². The van der Waals surface area contributed by atoms with Gasteiger partial charge in [-0.15, -0.1) is 0 Å². The predicted octanol–water partition coefficient (Wildman–Crippen LogP) is 2.86. The van der Waals surface area contributed by atoms with Gasteiger partial charge in [0.05, 0.1) is 11.7 Å². The molecule has 1 aliphatic carbocycles. The van der Waals surface area contributed by atoms with Gasteiger partial charge in [-0.25, -0.2) is 0 Å². The summed E-state index contributed by atoms with van der Waals surface area (Å²) >= 11 is 0. The monoisotopic (exact) mass is 274 g/mol. The normalized spacial score (nSPS) is 23.6. The Balaban J connectivity index is 2.07. The fraction of sp³-hybridized carbons (Fsp3) is 0.538. The molecule has 2 unspecified atom stereocenters. The summed E-state index contributed by atoms with van der Waals surface area (Å²) < 4.78 is 38.6. The molecule has 1 aromatic carbocycles. The molecule has 0 spiro atoms. The van der Waals surface area contributed by atoms with Crippen LogP contribution in [-0.2, 0) is 6.18 Å². The smallest absolute Gasteiger partial charge is 0.399 e. The van der Waals surface area contributed by atoms with Gasteiger partial charge in [0, 0.05) is 17.9 Å². The van der Waals surface area contributed by atoms with Gasteiger partial charge in [0.15, 0.2) is 0 Å². The van der Waals surface area contributed by atoms with Gasteiger partial charge in [0.2, 0.25) is 0 Å². The van der Waals surface area contributed by atoms with E-state index in [0.29, 0.717) is 13.0 Å². The Labute approximate surface area is 109 Å². The first-order valence-electron chi connectivity index (χ1n) is 6.25. The summed E-state index contributed by atoms with van der Waals surface area (Å²) in [5, 5.41) is 12.2. The molecule has 6 heteroatoms. The van der Waals surface area contributed by atoms with E-state index in [-0.39, 0.29) is 23.4 Å². The third-order valence-corrected chi connectivity index (χ3v) is 3.44. The van der Waals surface area contributed by atoms with Crippen molar-refractivity contribution in [2.45, 2.75) is 31.5 Å². The van der Waals surface area contributed by atoms with Crippen molar-refractivity contribution in [3.05, 3.63) is 23.8 Å². The quantitative estimate of drug-likeness (QED) is 0.743. The molecule has 1 aromatic rings. The average molecular weight is 274 g/mol. The second kappa shape index (κ2) is 5.28. The molecule has 19 heavy (non-hydrogen) atoms. The number of benzene rings is 1. The number of nitrogens with two attached hydrogens (primary N) is 1. The van der Waals surface area contributed by atoms with Crippen LogP contribution >= 0.6 is 0 Å². The van der Waals surface area contributed by atoms with Crippen molar-refractivity contribution in [3.63, 3.8) is 0 Å². The van der Waals surface area contributed by atoms with Crippen LogP contribution in [0.1, 0.15) is 24.8 Å². The number of aliphatic hydroxyl groups is 1. The maximum Gasteiger partial charge on any atom is 0.418 e. The van der Waals surface area contributed by atoms with Crippen LogP contribution in [0.2, 0.25) is 0 Å². The number of nitrogen functional groups attached to an aromatic ring is 1. The molecule has 1 saturated carbocycles. The van der Waals surface area contributed by atoms with Crippen LogP contribution in [0.25, 0.3) is 0 Å². The molecule has 4 N–H and O–H groups in total. The van der Waals surface area contributed by atoms with E-state index in [1.165, 1.54) is 12.1 Å². The molecule has 0 saturated heterocycles. The molecule has 0 heterocycles. The lowest BCUT2D eigenvalue weighted by atomic mass is 10.1. The number of anilines is 2. The first-order chi connectivity index (χ1) is 8.86. The number of alkyl halides is 3. The van der Waals surface area contributed by atoms with E-state index >= 15 is 0 Å². The van der Waals surface area contributed by atoms with E-state index in [9.17, 15) is 18.3 Å². The maximum absolute atomic E-state index is 12.9. The fourth-order valence-corrected chi connectivity index (χ4v) is 2.44. The van der Waals surface area contributed by atoms with Gasteiger partial charge in [0.25, 0.3) is 0 Å². The highest BCUT2D eigenvalue weighted by Gasteiger charge is 2.34. The zero-order chi connectivity index (χ0) is 14.0. The molecule has 0 aromatic heterocycles. The second-order valence-corrected chi connectivity index (χ2v) is 5.02. The molecule has 0 aliphatic heterocycles. The zero-order valence-corrected chi connectivity index (χ0v) is 10.4. The van der Waals surface area contributed by atoms with Crippen molar-refractivity contribution in [2.75, 3.05) is 17.6 Å². The first-order valence-corrected chi connectivity index (χ1v) is 6.25. The van der Waals surface area contributed by atoms with Gasteiger partial charge in [-0.3, -0.25) is 0 Å². The van der Waals surface area contributed by atoms with Gasteiger partial charge >= 0.3 is 6.18 Å². The molecule has 3 nitrogen and oxygen atoms in total. The minimum atomic E-state index is -4.42. The molecule has 106 valence electrons. The molecule has 1 aliphatic rings. The van der Waals surface area contributed by atoms with Crippen LogP contribution in [0.4, 0.5) is 24.5 Å². The van der Waals surface area contributed by atoms with Crippen LogP contribution in [0.15, 0.2) is 18.2 Å². The Bertz CT molecular complexity index is 448. The van der Waals surface area contributed by atoms with Crippen molar-refractivity contribution < 1.29 is 18.3 Å². The molecule has 1 fully saturated rings. The van der Waals surface area contributed by atoms with Gasteiger partial charge in [-0.05, 0) is 43.4 Å². The molecule has 0 amide bonds. The largest absolute Gasteiger partial charge is 0.418 e. The standard InChI is InChI=1S/C13H17F3N2O/c14-13(15,16)11-6-9(17)2-4-12(11)18-7-8-1-3-10(19)5-8/h2,4,6,8,10,18-19H,1,3,5,7,17H2. The Morgan fingerprint density at radius 3 is 2.63 bits per heavy atom. The highest BCUT2D eigenvalue weighted by Crippen LogP contribution is 2.36. The second-order valence-electron chi connectivity index (χ2n) is 5.02. The van der Waals surface area contributed by atoms with Crippen molar-refractivity contribution in [3.8, 4) is 0 Å². The number of halogens is 3. The number of nitrogens with one attached hydrogen (secondary N) is 1. The van der Waals surface area contributed by atoms with Crippen LogP contribution < -0.4 is 11.1 Å². The highest BCUT2D eigenvalue weighted by molar-refractivity contribution is 5.59. The highest BCUT2D eigenvalue weighted by atomic mass is 19.4. The van der Waals surface area contributed by atoms with E-state index in [4.69, 9.17) is 5.73 Å². The Morgan fingerprint density at radius 1 is 1.32 bits per heavy atom. The van der Waals surface area contributed by atoms with Gasteiger partial charge in [-0.1, -0.05) is 0 Å². The molecular weight excluding hydrogens is 257 g/mol. The fourth-order valence-electron chi connectivity index (χ4n) is 2.44. The Kier molecular flexibility index (Phi) is 3.89. The summed E-state index contributed by atoms with van der Waals surface area (Å²) in [6.45, 7) is 0.435. The van der Waals surface area contributed by atoms with Crippen molar-refractivity contribution in [2.24, 2.45) is 5.92 Å². The number of hydrogen-bond acceptors (Lipinski definition) is 3.